The number of carbonyl (C=O) groups excluding carboxylic acids is 1. The predicted molar refractivity (Wildman–Crippen MR) is 87.5 cm³/mol. The van der Waals surface area contributed by atoms with E-state index in [2.05, 4.69) is 14.7 Å². The molecular formula is C16H14N4O5. The summed E-state index contributed by atoms with van der Waals surface area (Å²) in [7, 11) is 0. The third-order valence-electron chi connectivity index (χ3n) is 3.77. The second-order valence-electron chi connectivity index (χ2n) is 5.58. The van der Waals surface area contributed by atoms with Gasteiger partial charge in [0.05, 0.1) is 11.5 Å². The first-order valence-electron chi connectivity index (χ1n) is 7.37. The van der Waals surface area contributed by atoms with Crippen LogP contribution in [0, 0.1) is 24.0 Å². The van der Waals surface area contributed by atoms with Crippen molar-refractivity contribution in [1.82, 2.24) is 14.7 Å². The molecule has 2 aromatic heterocycles. The first kappa shape index (κ1) is 16.4. The molecule has 3 rings (SSSR count). The number of hydrogen-bond donors (Lipinski definition) is 1. The minimum atomic E-state index is -0.772. The number of hydrogen-bond acceptors (Lipinski definition) is 6. The lowest BCUT2D eigenvalue weighted by atomic mass is 10.1. The lowest BCUT2D eigenvalue weighted by molar-refractivity contribution is -0.384. The van der Waals surface area contributed by atoms with Gasteiger partial charge in [0.15, 0.2) is 11.6 Å². The van der Waals surface area contributed by atoms with Crippen LogP contribution in [0.3, 0.4) is 0 Å². The number of nitro benzene ring substituents is 1. The number of carbonyl (C=O) groups is 1. The SMILES string of the molecule is Cc1cc(C(=O)Cn2c(-c3ccc([N+](=O)[O-])cc3)noc2=O)c(C)[nH]1. The van der Waals surface area contributed by atoms with Crippen LogP contribution in [-0.2, 0) is 6.54 Å². The molecule has 128 valence electrons. The Morgan fingerprint density at radius 1 is 1.32 bits per heavy atom. The molecule has 0 aliphatic heterocycles. The normalized spacial score (nSPS) is 10.8. The van der Waals surface area contributed by atoms with E-state index >= 15 is 0 Å². The van der Waals surface area contributed by atoms with Gasteiger partial charge in [0.2, 0.25) is 0 Å². The lowest BCUT2D eigenvalue weighted by Crippen LogP contribution is -2.21. The van der Waals surface area contributed by atoms with Gasteiger partial charge in [-0.25, -0.2) is 9.36 Å². The van der Waals surface area contributed by atoms with E-state index in [1.165, 1.54) is 24.3 Å². The van der Waals surface area contributed by atoms with E-state index in [0.29, 0.717) is 16.8 Å². The van der Waals surface area contributed by atoms with Gasteiger partial charge in [-0.1, -0.05) is 5.16 Å². The number of H-pyrrole nitrogens is 1. The zero-order valence-corrected chi connectivity index (χ0v) is 13.5. The van der Waals surface area contributed by atoms with Crippen LogP contribution in [0.4, 0.5) is 5.69 Å². The highest BCUT2D eigenvalue weighted by Crippen LogP contribution is 2.20. The Bertz CT molecular complexity index is 1010. The molecule has 25 heavy (non-hydrogen) atoms. The predicted octanol–water partition coefficient (Wildman–Crippen LogP) is 2.24. The average molecular weight is 342 g/mol. The van der Waals surface area contributed by atoms with Crippen molar-refractivity contribution in [3.05, 3.63) is 67.9 Å². The van der Waals surface area contributed by atoms with Crippen LogP contribution in [0.2, 0.25) is 0 Å². The van der Waals surface area contributed by atoms with E-state index in [0.717, 1.165) is 10.3 Å². The fourth-order valence-corrected chi connectivity index (χ4v) is 2.59. The molecule has 0 bridgehead atoms. The van der Waals surface area contributed by atoms with Crippen LogP contribution >= 0.6 is 0 Å². The highest BCUT2D eigenvalue weighted by molar-refractivity contribution is 5.97. The van der Waals surface area contributed by atoms with Gasteiger partial charge in [-0.05, 0) is 32.0 Å². The van der Waals surface area contributed by atoms with Crippen molar-refractivity contribution < 1.29 is 14.2 Å². The van der Waals surface area contributed by atoms with E-state index in [1.807, 2.05) is 6.92 Å². The summed E-state index contributed by atoms with van der Waals surface area (Å²) >= 11 is 0. The van der Waals surface area contributed by atoms with Crippen LogP contribution in [0.15, 0.2) is 39.6 Å². The van der Waals surface area contributed by atoms with Crippen LogP contribution in [-0.4, -0.2) is 25.4 Å². The second-order valence-corrected chi connectivity index (χ2v) is 5.58. The Kier molecular flexibility index (Phi) is 4.05. The highest BCUT2D eigenvalue weighted by atomic mass is 16.6. The second kappa shape index (κ2) is 6.19. The maximum absolute atomic E-state index is 12.5. The Hall–Kier alpha value is -3.49. The third-order valence-corrected chi connectivity index (χ3v) is 3.77. The van der Waals surface area contributed by atoms with Gasteiger partial charge >= 0.3 is 5.76 Å². The molecule has 9 nitrogen and oxygen atoms in total. The van der Waals surface area contributed by atoms with Crippen molar-refractivity contribution in [2.45, 2.75) is 20.4 Å². The number of Topliss-reactive ketones (excluding diaryl/α,β-unsaturated/α-hetero) is 1. The summed E-state index contributed by atoms with van der Waals surface area (Å²) in [6, 6.07) is 7.19. The first-order valence-corrected chi connectivity index (χ1v) is 7.37. The van der Waals surface area contributed by atoms with Crippen LogP contribution < -0.4 is 5.76 Å². The smallest absolute Gasteiger partial charge is 0.362 e. The Morgan fingerprint density at radius 3 is 2.56 bits per heavy atom. The van der Waals surface area contributed by atoms with Crippen molar-refractivity contribution in [2.24, 2.45) is 0 Å². The minimum Gasteiger partial charge on any atom is -0.362 e. The van der Waals surface area contributed by atoms with Crippen LogP contribution in [0.25, 0.3) is 11.4 Å². The number of aryl methyl sites for hydroxylation is 2. The van der Waals surface area contributed by atoms with Crippen molar-refractivity contribution in [3.8, 4) is 11.4 Å². The molecule has 0 spiro atoms. The monoisotopic (exact) mass is 342 g/mol. The summed E-state index contributed by atoms with van der Waals surface area (Å²) in [5, 5.41) is 14.4. The van der Waals surface area contributed by atoms with Gasteiger partial charge in [-0.15, -0.1) is 0 Å². The van der Waals surface area contributed by atoms with Gasteiger partial charge < -0.3 is 4.98 Å². The summed E-state index contributed by atoms with van der Waals surface area (Å²) in [5.41, 5.74) is 2.39. The number of aromatic nitrogens is 3. The number of ketones is 1. The number of nitrogens with zero attached hydrogens (tertiary/aromatic N) is 3. The standard InChI is InChI=1S/C16H14N4O5/c1-9-7-13(10(2)17-9)14(21)8-19-15(18-25-16(19)22)11-3-5-12(6-4-11)20(23)24/h3-7,17H,8H2,1-2H3. The Morgan fingerprint density at radius 2 is 2.00 bits per heavy atom. The molecule has 0 radical (unpaired) electrons. The van der Waals surface area contributed by atoms with Crippen molar-refractivity contribution in [2.75, 3.05) is 0 Å². The maximum Gasteiger partial charge on any atom is 0.442 e. The van der Waals surface area contributed by atoms with Gasteiger partial charge in [0.1, 0.15) is 0 Å². The van der Waals surface area contributed by atoms with Gasteiger partial charge in [-0.3, -0.25) is 19.4 Å². The molecule has 0 aliphatic rings. The van der Waals surface area contributed by atoms with Gasteiger partial charge in [0.25, 0.3) is 5.69 Å². The molecule has 0 unspecified atom stereocenters. The topological polar surface area (TPSA) is 124 Å². The molecule has 9 heteroatoms. The summed E-state index contributed by atoms with van der Waals surface area (Å²) in [6.07, 6.45) is 0. The maximum atomic E-state index is 12.5. The number of benzene rings is 1. The molecule has 1 N–H and O–H groups in total. The van der Waals surface area contributed by atoms with Crippen LogP contribution in [0.1, 0.15) is 21.7 Å². The summed E-state index contributed by atoms with van der Waals surface area (Å²) < 4.78 is 5.77. The number of non-ortho nitro benzene ring substituents is 1. The fraction of sp³-hybridized carbons (Fsp3) is 0.188. The fourth-order valence-electron chi connectivity index (χ4n) is 2.59. The molecular weight excluding hydrogens is 328 g/mol. The molecule has 3 aromatic rings. The minimum absolute atomic E-state index is 0.0874. The molecule has 1 aromatic carbocycles. The number of aromatic amines is 1. The Balaban J connectivity index is 1.94. The highest BCUT2D eigenvalue weighted by Gasteiger charge is 2.19. The average Bonchev–Trinajstić information content (AvgIpc) is 3.10. The molecule has 0 saturated carbocycles. The molecule has 0 amide bonds. The Labute approximate surface area is 141 Å². The van der Waals surface area contributed by atoms with Crippen LogP contribution in [0.5, 0.6) is 0 Å². The van der Waals surface area contributed by atoms with E-state index in [9.17, 15) is 19.7 Å². The third kappa shape index (κ3) is 3.11. The molecule has 0 fully saturated rings. The number of nitrogens with one attached hydrogen (secondary N) is 1. The summed E-state index contributed by atoms with van der Waals surface area (Å²) in [5.74, 6) is -0.903. The van der Waals surface area contributed by atoms with Gasteiger partial charge in [-0.2, -0.15) is 0 Å². The zero-order valence-electron chi connectivity index (χ0n) is 13.5. The van der Waals surface area contributed by atoms with Crippen molar-refractivity contribution >= 4 is 11.5 Å². The van der Waals surface area contributed by atoms with Crippen molar-refractivity contribution in [3.63, 3.8) is 0 Å². The van der Waals surface area contributed by atoms with E-state index < -0.39 is 10.7 Å². The molecule has 0 atom stereocenters. The van der Waals surface area contributed by atoms with E-state index in [-0.39, 0.29) is 23.8 Å². The largest absolute Gasteiger partial charge is 0.442 e. The number of nitro groups is 1. The quantitative estimate of drug-likeness (QED) is 0.431. The summed E-state index contributed by atoms with van der Waals surface area (Å²) in [6.45, 7) is 3.36. The summed E-state index contributed by atoms with van der Waals surface area (Å²) in [4.78, 5) is 37.6. The zero-order chi connectivity index (χ0) is 18.1. The van der Waals surface area contributed by atoms with E-state index in [4.69, 9.17) is 0 Å². The molecule has 0 aliphatic carbocycles. The molecule has 2 heterocycles. The van der Waals surface area contributed by atoms with Crippen molar-refractivity contribution in [1.29, 1.82) is 0 Å². The van der Waals surface area contributed by atoms with Gasteiger partial charge in [0, 0.05) is 34.6 Å². The lowest BCUT2D eigenvalue weighted by Gasteiger charge is -2.04. The van der Waals surface area contributed by atoms with E-state index in [1.54, 1.807) is 13.0 Å². The number of rotatable bonds is 5. The first-order chi connectivity index (χ1) is 11.9. The molecule has 0 saturated heterocycles.